The Bertz CT molecular complexity index is 748. The topological polar surface area (TPSA) is 66.4 Å². The van der Waals surface area contributed by atoms with E-state index in [1.807, 2.05) is 35.2 Å². The predicted octanol–water partition coefficient (Wildman–Crippen LogP) is 1.83. The van der Waals surface area contributed by atoms with Crippen LogP contribution in [-0.2, 0) is 4.79 Å². The van der Waals surface area contributed by atoms with E-state index in [0.717, 1.165) is 5.56 Å². The second-order valence-electron chi connectivity index (χ2n) is 5.91. The number of piperazine rings is 1. The summed E-state index contributed by atoms with van der Waals surface area (Å²) in [5.41, 5.74) is 2.21. The second kappa shape index (κ2) is 6.78. The normalized spacial score (nSPS) is 17.7. The number of amides is 2. The van der Waals surface area contributed by atoms with E-state index in [4.69, 9.17) is 0 Å². The lowest BCUT2D eigenvalue weighted by atomic mass is 10.0. The molecule has 1 aromatic heterocycles. The molecule has 2 amide bonds. The molecule has 6 nitrogen and oxygen atoms in total. The summed E-state index contributed by atoms with van der Waals surface area (Å²) in [6.07, 6.45) is 2.99. The number of hydrogen-bond acceptors (Lipinski definition) is 4. The minimum atomic E-state index is -0.133. The van der Waals surface area contributed by atoms with Crippen LogP contribution in [0.4, 0.5) is 0 Å². The molecular formula is C18H20N4O2. The van der Waals surface area contributed by atoms with Crippen molar-refractivity contribution in [3.05, 3.63) is 59.7 Å². The van der Waals surface area contributed by atoms with Gasteiger partial charge in [0.05, 0.1) is 17.3 Å². The Morgan fingerprint density at radius 3 is 2.58 bits per heavy atom. The van der Waals surface area contributed by atoms with Gasteiger partial charge in [0, 0.05) is 32.8 Å². The summed E-state index contributed by atoms with van der Waals surface area (Å²) < 4.78 is 0. The average Bonchev–Trinajstić information content (AvgIpc) is 2.61. The van der Waals surface area contributed by atoms with Gasteiger partial charge in [-0.15, -0.1) is 0 Å². The van der Waals surface area contributed by atoms with Gasteiger partial charge in [-0.2, -0.15) is 0 Å². The van der Waals surface area contributed by atoms with Crippen molar-refractivity contribution in [1.29, 1.82) is 0 Å². The van der Waals surface area contributed by atoms with Gasteiger partial charge < -0.3 is 9.80 Å². The number of aromatic nitrogens is 2. The monoisotopic (exact) mass is 324 g/mol. The highest BCUT2D eigenvalue weighted by Crippen LogP contribution is 2.26. The van der Waals surface area contributed by atoms with E-state index in [9.17, 15) is 9.59 Å². The summed E-state index contributed by atoms with van der Waals surface area (Å²) in [5.74, 6) is -0.0626. The lowest BCUT2D eigenvalue weighted by molar-refractivity contribution is -0.133. The van der Waals surface area contributed by atoms with Crippen LogP contribution in [0.25, 0.3) is 0 Å². The van der Waals surface area contributed by atoms with E-state index in [0.29, 0.717) is 30.9 Å². The number of nitrogens with zero attached hydrogens (tertiary/aromatic N) is 4. The van der Waals surface area contributed by atoms with Crippen LogP contribution in [0.15, 0.2) is 42.9 Å². The Morgan fingerprint density at radius 1 is 1.17 bits per heavy atom. The third-order valence-electron chi connectivity index (χ3n) is 4.40. The van der Waals surface area contributed by atoms with Gasteiger partial charge in [-0.1, -0.05) is 30.3 Å². The van der Waals surface area contributed by atoms with Crippen LogP contribution in [0.5, 0.6) is 0 Å². The van der Waals surface area contributed by atoms with Crippen molar-refractivity contribution in [1.82, 2.24) is 19.8 Å². The first-order chi connectivity index (χ1) is 11.6. The molecule has 0 saturated carbocycles. The van der Waals surface area contributed by atoms with Crippen molar-refractivity contribution in [3.63, 3.8) is 0 Å². The maximum absolute atomic E-state index is 12.8. The molecule has 3 rings (SSSR count). The molecule has 2 heterocycles. The molecule has 6 heteroatoms. The van der Waals surface area contributed by atoms with Crippen molar-refractivity contribution in [2.75, 3.05) is 19.6 Å². The fraction of sp³-hybridized carbons (Fsp3) is 0.333. The Balaban J connectivity index is 1.87. The highest BCUT2D eigenvalue weighted by atomic mass is 16.2. The molecule has 1 saturated heterocycles. The van der Waals surface area contributed by atoms with Gasteiger partial charge in [0.1, 0.15) is 6.33 Å². The van der Waals surface area contributed by atoms with Gasteiger partial charge in [-0.3, -0.25) is 9.59 Å². The molecule has 0 bridgehead atoms. The molecule has 2 aromatic rings. The standard InChI is InChI=1S/C18H20N4O2/c1-13-16(10-19-12-20-13)18(24)21-8-9-22(14(2)23)17(11-21)15-6-4-3-5-7-15/h3-7,10,12,17H,8-9,11H2,1-2H3. The maximum Gasteiger partial charge on any atom is 0.257 e. The molecule has 1 aromatic carbocycles. The van der Waals surface area contributed by atoms with E-state index in [1.54, 1.807) is 24.9 Å². The molecule has 1 fully saturated rings. The lowest BCUT2D eigenvalue weighted by Gasteiger charge is -2.41. The molecule has 1 unspecified atom stereocenters. The van der Waals surface area contributed by atoms with Gasteiger partial charge in [0.25, 0.3) is 5.91 Å². The highest BCUT2D eigenvalue weighted by Gasteiger charge is 2.32. The Kier molecular flexibility index (Phi) is 4.55. The fourth-order valence-corrected chi connectivity index (χ4v) is 3.08. The van der Waals surface area contributed by atoms with Gasteiger partial charge in [0.2, 0.25) is 5.91 Å². The third kappa shape index (κ3) is 3.13. The van der Waals surface area contributed by atoms with Crippen LogP contribution in [-0.4, -0.2) is 51.2 Å². The summed E-state index contributed by atoms with van der Waals surface area (Å²) >= 11 is 0. The van der Waals surface area contributed by atoms with Crippen LogP contribution in [0.2, 0.25) is 0 Å². The van der Waals surface area contributed by atoms with Crippen LogP contribution in [0.3, 0.4) is 0 Å². The second-order valence-corrected chi connectivity index (χ2v) is 5.91. The van der Waals surface area contributed by atoms with Crippen molar-refractivity contribution in [2.45, 2.75) is 19.9 Å². The zero-order valence-electron chi connectivity index (χ0n) is 13.8. The van der Waals surface area contributed by atoms with Gasteiger partial charge in [-0.25, -0.2) is 9.97 Å². The van der Waals surface area contributed by atoms with Crippen molar-refractivity contribution in [3.8, 4) is 0 Å². The Morgan fingerprint density at radius 2 is 1.92 bits per heavy atom. The van der Waals surface area contributed by atoms with Crippen molar-refractivity contribution >= 4 is 11.8 Å². The molecule has 1 aliphatic heterocycles. The number of benzene rings is 1. The smallest absolute Gasteiger partial charge is 0.257 e. The zero-order valence-corrected chi connectivity index (χ0v) is 13.8. The summed E-state index contributed by atoms with van der Waals surface area (Å²) in [5, 5.41) is 0. The molecule has 124 valence electrons. The molecule has 0 N–H and O–H groups in total. The SMILES string of the molecule is CC(=O)N1CCN(C(=O)c2cncnc2C)CC1c1ccccc1. The molecule has 0 aliphatic carbocycles. The number of hydrogen-bond donors (Lipinski definition) is 0. The van der Waals surface area contributed by atoms with Crippen molar-refractivity contribution < 1.29 is 9.59 Å². The largest absolute Gasteiger partial charge is 0.334 e. The molecule has 1 atom stereocenters. The van der Waals surface area contributed by atoms with E-state index in [2.05, 4.69) is 9.97 Å². The van der Waals surface area contributed by atoms with Crippen LogP contribution < -0.4 is 0 Å². The molecule has 24 heavy (non-hydrogen) atoms. The highest BCUT2D eigenvalue weighted by molar-refractivity contribution is 5.95. The van der Waals surface area contributed by atoms with Crippen LogP contribution >= 0.6 is 0 Å². The first kappa shape index (κ1) is 16.1. The molecule has 0 radical (unpaired) electrons. The minimum absolute atomic E-state index is 0.0233. The van der Waals surface area contributed by atoms with E-state index >= 15 is 0 Å². The quantitative estimate of drug-likeness (QED) is 0.845. The third-order valence-corrected chi connectivity index (χ3v) is 4.40. The summed E-state index contributed by atoms with van der Waals surface area (Å²) in [4.78, 5) is 36.5. The number of rotatable bonds is 2. The Labute approximate surface area is 141 Å². The first-order valence-electron chi connectivity index (χ1n) is 7.96. The molecule has 1 aliphatic rings. The summed E-state index contributed by atoms with van der Waals surface area (Å²) in [7, 11) is 0. The fourth-order valence-electron chi connectivity index (χ4n) is 3.08. The van der Waals surface area contributed by atoms with Crippen LogP contribution in [0.1, 0.15) is 34.6 Å². The maximum atomic E-state index is 12.8. The summed E-state index contributed by atoms with van der Waals surface area (Å²) in [6, 6.07) is 9.69. The van der Waals surface area contributed by atoms with E-state index < -0.39 is 0 Å². The zero-order chi connectivity index (χ0) is 17.1. The molecular weight excluding hydrogens is 304 g/mol. The number of carbonyl (C=O) groups excluding carboxylic acids is 2. The number of aryl methyl sites for hydroxylation is 1. The minimum Gasteiger partial charge on any atom is -0.334 e. The number of carbonyl (C=O) groups is 2. The summed E-state index contributed by atoms with van der Waals surface area (Å²) in [6.45, 7) is 4.87. The van der Waals surface area contributed by atoms with Gasteiger partial charge in [-0.05, 0) is 12.5 Å². The average molecular weight is 324 g/mol. The lowest BCUT2D eigenvalue weighted by Crippen LogP contribution is -2.52. The Hall–Kier alpha value is -2.76. The van der Waals surface area contributed by atoms with Crippen LogP contribution in [0, 0.1) is 6.92 Å². The van der Waals surface area contributed by atoms with Gasteiger partial charge >= 0.3 is 0 Å². The van der Waals surface area contributed by atoms with E-state index in [-0.39, 0.29) is 17.9 Å². The molecule has 0 spiro atoms. The van der Waals surface area contributed by atoms with E-state index in [1.165, 1.54) is 6.33 Å². The predicted molar refractivity (Wildman–Crippen MR) is 89.2 cm³/mol. The van der Waals surface area contributed by atoms with Gasteiger partial charge in [0.15, 0.2) is 0 Å². The first-order valence-corrected chi connectivity index (χ1v) is 7.96. The van der Waals surface area contributed by atoms with Crippen molar-refractivity contribution in [2.24, 2.45) is 0 Å².